The molecular weight excluding hydrogens is 488 g/mol. The van der Waals surface area contributed by atoms with Crippen molar-refractivity contribution in [2.45, 2.75) is 44.3 Å². The number of aromatic nitrogens is 2. The van der Waals surface area contributed by atoms with Gasteiger partial charge in [-0.2, -0.15) is 5.26 Å². The van der Waals surface area contributed by atoms with E-state index in [4.69, 9.17) is 5.26 Å². The Bertz CT molecular complexity index is 1490. The van der Waals surface area contributed by atoms with Gasteiger partial charge in [0.2, 0.25) is 0 Å². The van der Waals surface area contributed by atoms with Crippen molar-refractivity contribution in [3.8, 4) is 11.8 Å². The molecule has 196 valence electrons. The van der Waals surface area contributed by atoms with E-state index in [9.17, 15) is 9.59 Å². The van der Waals surface area contributed by atoms with Crippen molar-refractivity contribution in [3.63, 3.8) is 0 Å². The smallest absolute Gasteiger partial charge is 0.322 e. The fourth-order valence-corrected chi connectivity index (χ4v) is 5.00. The highest BCUT2D eigenvalue weighted by atomic mass is 16.2. The molecule has 4 aromatic rings. The molecule has 8 nitrogen and oxygen atoms in total. The molecule has 1 fully saturated rings. The quantitative estimate of drug-likeness (QED) is 0.348. The van der Waals surface area contributed by atoms with Crippen LogP contribution in [0.5, 0.6) is 0 Å². The minimum atomic E-state index is -0.145. The molecule has 0 spiro atoms. The molecule has 2 amide bonds. The second-order valence-electron chi connectivity index (χ2n) is 9.63. The second kappa shape index (κ2) is 12.1. The van der Waals surface area contributed by atoms with Crippen LogP contribution in [0.1, 0.15) is 36.8 Å². The Kier molecular flexibility index (Phi) is 7.98. The average molecular weight is 519 g/mol. The highest BCUT2D eigenvalue weighted by Crippen LogP contribution is 2.30. The molecule has 2 aromatic carbocycles. The minimum absolute atomic E-state index is 0.0260. The lowest BCUT2D eigenvalue weighted by molar-refractivity contribution is 0.240. The number of hydrogen-bond donors (Lipinski definition) is 2. The highest BCUT2D eigenvalue weighted by Gasteiger charge is 2.30. The predicted molar refractivity (Wildman–Crippen MR) is 152 cm³/mol. The van der Waals surface area contributed by atoms with E-state index < -0.39 is 0 Å². The van der Waals surface area contributed by atoms with Crippen molar-refractivity contribution in [3.05, 3.63) is 119 Å². The summed E-state index contributed by atoms with van der Waals surface area (Å²) in [6, 6.07) is 28.3. The molecule has 2 heterocycles. The first-order valence-corrected chi connectivity index (χ1v) is 13.1. The fraction of sp³-hybridized carbons (Fsp3) is 0.226. The maximum Gasteiger partial charge on any atom is 0.322 e. The number of hydrogen-bond acceptors (Lipinski definition) is 5. The van der Waals surface area contributed by atoms with Crippen LogP contribution in [-0.4, -0.2) is 27.7 Å². The number of carbonyl (C=O) groups is 1. The topological polar surface area (TPSA) is 103 Å². The summed E-state index contributed by atoms with van der Waals surface area (Å²) >= 11 is 0. The lowest BCUT2D eigenvalue weighted by atomic mass is 9.90. The van der Waals surface area contributed by atoms with Gasteiger partial charge in [0.05, 0.1) is 5.56 Å². The van der Waals surface area contributed by atoms with Gasteiger partial charge in [0, 0.05) is 48.5 Å². The molecule has 1 saturated carbocycles. The van der Waals surface area contributed by atoms with Gasteiger partial charge < -0.3 is 10.6 Å². The number of rotatable bonds is 7. The van der Waals surface area contributed by atoms with Crippen LogP contribution in [0.15, 0.2) is 102 Å². The van der Waals surface area contributed by atoms with Gasteiger partial charge >= 0.3 is 6.03 Å². The molecule has 0 atom stereocenters. The molecule has 1 aliphatic rings. The molecule has 0 radical (unpaired) electrons. The van der Waals surface area contributed by atoms with Crippen LogP contribution in [0.25, 0.3) is 5.69 Å². The number of nitrogens with zero attached hydrogens (tertiary/aromatic N) is 4. The van der Waals surface area contributed by atoms with Gasteiger partial charge in [-0.15, -0.1) is 0 Å². The van der Waals surface area contributed by atoms with Gasteiger partial charge in [-0.05, 0) is 73.7 Å². The number of benzene rings is 2. The Morgan fingerprint density at radius 1 is 0.949 bits per heavy atom. The van der Waals surface area contributed by atoms with E-state index in [1.807, 2.05) is 71.6 Å². The molecule has 5 rings (SSSR count). The molecule has 2 aromatic heterocycles. The third-order valence-corrected chi connectivity index (χ3v) is 7.04. The van der Waals surface area contributed by atoms with Crippen molar-refractivity contribution in [1.82, 2.24) is 14.9 Å². The zero-order chi connectivity index (χ0) is 27.0. The van der Waals surface area contributed by atoms with Gasteiger partial charge in [0.15, 0.2) is 0 Å². The van der Waals surface area contributed by atoms with Crippen LogP contribution in [0.4, 0.5) is 16.3 Å². The van der Waals surface area contributed by atoms with Crippen molar-refractivity contribution >= 4 is 17.5 Å². The van der Waals surface area contributed by atoms with Gasteiger partial charge in [-0.25, -0.2) is 9.78 Å². The predicted octanol–water partition coefficient (Wildman–Crippen LogP) is 5.24. The van der Waals surface area contributed by atoms with Gasteiger partial charge in [0.25, 0.3) is 5.56 Å². The number of carbonyl (C=O) groups excluding carboxylic acids is 1. The summed E-state index contributed by atoms with van der Waals surface area (Å²) in [6.07, 6.45) is 6.72. The number of nitrogens with one attached hydrogen (secondary N) is 2. The zero-order valence-electron chi connectivity index (χ0n) is 21.5. The Morgan fingerprint density at radius 2 is 1.69 bits per heavy atom. The molecular formula is C31H30N6O2. The third kappa shape index (κ3) is 6.33. The lowest BCUT2D eigenvalue weighted by Crippen LogP contribution is -2.48. The van der Waals surface area contributed by atoms with Crippen molar-refractivity contribution < 1.29 is 4.79 Å². The Labute approximate surface area is 227 Å². The summed E-state index contributed by atoms with van der Waals surface area (Å²) in [6.45, 7) is 0.439. The van der Waals surface area contributed by atoms with E-state index in [0.29, 0.717) is 12.1 Å². The largest absolute Gasteiger partial charge is 0.367 e. The van der Waals surface area contributed by atoms with Crippen LogP contribution in [0.3, 0.4) is 0 Å². The molecule has 0 unspecified atom stereocenters. The molecule has 0 saturated heterocycles. The van der Waals surface area contributed by atoms with Crippen LogP contribution in [-0.2, 0) is 6.54 Å². The standard InChI is InChI=1S/C31H30N6O2/c32-20-24-9-18-29(33-22-24)35-25-10-12-27(13-11-25)37(31(39)34-21-23-6-2-1-3-7-23)28-16-14-26(15-17-28)36-19-5-4-8-30(36)38/h1-9,14-19,22,25,27H,10-13,21H2,(H,33,35)(H,34,39)/t25-,27-. The number of amides is 2. The first-order chi connectivity index (χ1) is 19.1. The first kappa shape index (κ1) is 25.7. The zero-order valence-corrected chi connectivity index (χ0v) is 21.5. The van der Waals surface area contributed by atoms with Crippen LogP contribution in [0, 0.1) is 11.3 Å². The highest BCUT2D eigenvalue weighted by molar-refractivity contribution is 5.92. The maximum atomic E-state index is 13.6. The van der Waals surface area contributed by atoms with E-state index >= 15 is 0 Å². The molecule has 0 bridgehead atoms. The van der Waals surface area contributed by atoms with E-state index in [-0.39, 0.29) is 23.7 Å². The Balaban J connectivity index is 1.31. The Hall–Kier alpha value is -4.90. The van der Waals surface area contributed by atoms with Gasteiger partial charge in [0.1, 0.15) is 11.9 Å². The van der Waals surface area contributed by atoms with E-state index in [1.165, 1.54) is 6.07 Å². The molecule has 8 heteroatoms. The van der Waals surface area contributed by atoms with Crippen LogP contribution < -0.4 is 21.1 Å². The average Bonchev–Trinajstić information content (AvgIpc) is 2.99. The number of urea groups is 1. The summed E-state index contributed by atoms with van der Waals surface area (Å²) in [5, 5.41) is 15.6. The van der Waals surface area contributed by atoms with Crippen LogP contribution >= 0.6 is 0 Å². The van der Waals surface area contributed by atoms with Crippen molar-refractivity contribution in [2.75, 3.05) is 10.2 Å². The molecule has 2 N–H and O–H groups in total. The van der Waals surface area contributed by atoms with Crippen molar-refractivity contribution in [1.29, 1.82) is 5.26 Å². The fourth-order valence-electron chi connectivity index (χ4n) is 5.00. The number of nitriles is 1. The minimum Gasteiger partial charge on any atom is -0.367 e. The maximum absolute atomic E-state index is 13.6. The summed E-state index contributed by atoms with van der Waals surface area (Å²) in [4.78, 5) is 32.0. The van der Waals surface area contributed by atoms with Gasteiger partial charge in [-0.3, -0.25) is 14.3 Å². The Morgan fingerprint density at radius 3 is 2.36 bits per heavy atom. The third-order valence-electron chi connectivity index (χ3n) is 7.04. The molecule has 0 aliphatic heterocycles. The number of anilines is 2. The normalized spacial score (nSPS) is 16.6. The monoisotopic (exact) mass is 518 g/mol. The number of pyridine rings is 2. The van der Waals surface area contributed by atoms with Gasteiger partial charge in [-0.1, -0.05) is 36.4 Å². The lowest BCUT2D eigenvalue weighted by Gasteiger charge is -2.37. The molecule has 1 aliphatic carbocycles. The summed E-state index contributed by atoms with van der Waals surface area (Å²) < 4.78 is 1.58. The van der Waals surface area contributed by atoms with Crippen molar-refractivity contribution in [2.24, 2.45) is 0 Å². The first-order valence-electron chi connectivity index (χ1n) is 13.1. The van der Waals surface area contributed by atoms with E-state index in [2.05, 4.69) is 21.7 Å². The second-order valence-corrected chi connectivity index (χ2v) is 9.63. The summed E-state index contributed by atoms with van der Waals surface area (Å²) in [5.74, 6) is 0.752. The summed E-state index contributed by atoms with van der Waals surface area (Å²) in [5.41, 5.74) is 3.00. The molecule has 39 heavy (non-hydrogen) atoms. The van der Waals surface area contributed by atoms with E-state index in [0.717, 1.165) is 48.4 Å². The van der Waals surface area contributed by atoms with E-state index in [1.54, 1.807) is 29.1 Å². The van der Waals surface area contributed by atoms with Crippen LogP contribution in [0.2, 0.25) is 0 Å². The summed E-state index contributed by atoms with van der Waals surface area (Å²) in [7, 11) is 0. The SMILES string of the molecule is N#Cc1ccc(N[C@H]2CC[C@H](N(C(=O)NCc3ccccc3)c3ccc(-n4ccccc4=O)cc3)CC2)nc1.